The third-order valence-corrected chi connectivity index (χ3v) is 2.24. The van der Waals surface area contributed by atoms with Crippen molar-refractivity contribution in [2.75, 3.05) is 18.0 Å². The molecule has 0 saturated heterocycles. The second kappa shape index (κ2) is 5.36. The molecule has 0 aliphatic rings. The van der Waals surface area contributed by atoms with E-state index in [4.69, 9.17) is 11.5 Å². The molecule has 0 saturated carbocycles. The van der Waals surface area contributed by atoms with Crippen LogP contribution in [0.2, 0.25) is 0 Å². The number of nitrogens with two attached hydrogens (primary N) is 2. The van der Waals surface area contributed by atoms with Crippen LogP contribution in [0.5, 0.6) is 0 Å². The van der Waals surface area contributed by atoms with Crippen LogP contribution in [0, 0.1) is 0 Å². The Morgan fingerprint density at radius 2 is 2.20 bits per heavy atom. The topological polar surface area (TPSA) is 72.3 Å². The van der Waals surface area contributed by atoms with Crippen LogP contribution in [-0.2, 0) is 11.3 Å². The minimum atomic E-state index is -0.324. The maximum atomic E-state index is 10.9. The zero-order valence-corrected chi connectivity index (χ0v) is 8.94. The van der Waals surface area contributed by atoms with Crippen molar-refractivity contribution in [2.45, 2.75) is 13.5 Å². The molecule has 1 rings (SSSR count). The van der Waals surface area contributed by atoms with Gasteiger partial charge in [-0.2, -0.15) is 0 Å². The molecule has 4 nitrogen and oxygen atoms in total. The lowest BCUT2D eigenvalue weighted by molar-refractivity contribution is -0.116. The van der Waals surface area contributed by atoms with E-state index in [-0.39, 0.29) is 12.5 Å². The number of nitrogens with zero attached hydrogens (tertiary/aromatic N) is 1. The van der Waals surface area contributed by atoms with Crippen molar-refractivity contribution in [3.63, 3.8) is 0 Å². The van der Waals surface area contributed by atoms with Gasteiger partial charge in [0, 0.05) is 18.8 Å². The predicted molar refractivity (Wildman–Crippen MR) is 61.4 cm³/mol. The van der Waals surface area contributed by atoms with Crippen molar-refractivity contribution >= 4 is 11.6 Å². The summed E-state index contributed by atoms with van der Waals surface area (Å²) in [6.07, 6.45) is 0. The molecule has 0 spiro atoms. The molecular formula is C11H17N3O. The molecule has 0 atom stereocenters. The van der Waals surface area contributed by atoms with Gasteiger partial charge in [-0.15, -0.1) is 0 Å². The van der Waals surface area contributed by atoms with Gasteiger partial charge in [-0.05, 0) is 24.6 Å². The SMILES string of the molecule is CCN(CC(N)=O)c1cccc(CN)c1. The van der Waals surface area contributed by atoms with Gasteiger partial charge in [0.2, 0.25) is 5.91 Å². The average Bonchev–Trinajstić information content (AvgIpc) is 2.25. The molecule has 1 aromatic carbocycles. The van der Waals surface area contributed by atoms with Crippen LogP contribution in [0.3, 0.4) is 0 Å². The lowest BCUT2D eigenvalue weighted by atomic mass is 10.2. The molecule has 15 heavy (non-hydrogen) atoms. The Hall–Kier alpha value is -1.55. The summed E-state index contributed by atoms with van der Waals surface area (Å²) in [4.78, 5) is 12.8. The summed E-state index contributed by atoms with van der Waals surface area (Å²) in [6, 6.07) is 7.82. The van der Waals surface area contributed by atoms with Crippen LogP contribution >= 0.6 is 0 Å². The Morgan fingerprint density at radius 3 is 2.73 bits per heavy atom. The summed E-state index contributed by atoms with van der Waals surface area (Å²) in [7, 11) is 0. The van der Waals surface area contributed by atoms with Crippen molar-refractivity contribution in [2.24, 2.45) is 11.5 Å². The summed E-state index contributed by atoms with van der Waals surface area (Å²) >= 11 is 0. The number of hydrogen-bond acceptors (Lipinski definition) is 3. The van der Waals surface area contributed by atoms with Gasteiger partial charge < -0.3 is 16.4 Å². The summed E-state index contributed by atoms with van der Waals surface area (Å²) in [5.74, 6) is -0.324. The number of likely N-dealkylation sites (N-methyl/N-ethyl adjacent to an activating group) is 1. The molecule has 0 aromatic heterocycles. The third-order valence-electron chi connectivity index (χ3n) is 2.24. The lowest BCUT2D eigenvalue weighted by Gasteiger charge is -2.21. The second-order valence-corrected chi connectivity index (χ2v) is 3.35. The van der Waals surface area contributed by atoms with Crippen LogP contribution in [0.15, 0.2) is 24.3 Å². The number of amides is 1. The van der Waals surface area contributed by atoms with Gasteiger partial charge in [0.25, 0.3) is 0 Å². The number of benzene rings is 1. The first-order valence-corrected chi connectivity index (χ1v) is 4.99. The number of anilines is 1. The van der Waals surface area contributed by atoms with Gasteiger partial charge in [0.1, 0.15) is 0 Å². The number of carbonyl (C=O) groups is 1. The Kier molecular flexibility index (Phi) is 4.12. The number of primary amides is 1. The molecule has 0 fully saturated rings. The minimum Gasteiger partial charge on any atom is -0.368 e. The minimum absolute atomic E-state index is 0.241. The maximum Gasteiger partial charge on any atom is 0.236 e. The highest BCUT2D eigenvalue weighted by Gasteiger charge is 2.07. The largest absolute Gasteiger partial charge is 0.368 e. The van der Waals surface area contributed by atoms with E-state index in [1.54, 1.807) is 0 Å². The summed E-state index contributed by atoms with van der Waals surface area (Å²) < 4.78 is 0. The highest BCUT2D eigenvalue weighted by molar-refractivity contribution is 5.79. The molecule has 0 aliphatic heterocycles. The average molecular weight is 207 g/mol. The van der Waals surface area contributed by atoms with Crippen LogP contribution < -0.4 is 16.4 Å². The first kappa shape index (κ1) is 11.5. The number of rotatable bonds is 5. The van der Waals surface area contributed by atoms with Crippen molar-refractivity contribution < 1.29 is 4.79 Å². The van der Waals surface area contributed by atoms with E-state index in [9.17, 15) is 4.79 Å². The van der Waals surface area contributed by atoms with Gasteiger partial charge in [-0.25, -0.2) is 0 Å². The highest BCUT2D eigenvalue weighted by atomic mass is 16.1. The fraction of sp³-hybridized carbons (Fsp3) is 0.364. The standard InChI is InChI=1S/C11H17N3O/c1-2-14(8-11(13)15)10-5-3-4-9(6-10)7-12/h3-6H,2,7-8,12H2,1H3,(H2,13,15). The molecule has 0 heterocycles. The molecule has 4 N–H and O–H groups in total. The van der Waals surface area contributed by atoms with Crippen molar-refractivity contribution in [3.8, 4) is 0 Å². The Morgan fingerprint density at radius 1 is 1.47 bits per heavy atom. The van der Waals surface area contributed by atoms with Gasteiger partial charge in [-0.1, -0.05) is 12.1 Å². The van der Waals surface area contributed by atoms with Gasteiger partial charge >= 0.3 is 0 Å². The van der Waals surface area contributed by atoms with E-state index in [2.05, 4.69) is 0 Å². The second-order valence-electron chi connectivity index (χ2n) is 3.35. The van der Waals surface area contributed by atoms with Crippen LogP contribution in [0.4, 0.5) is 5.69 Å². The molecule has 1 amide bonds. The van der Waals surface area contributed by atoms with E-state index in [1.807, 2.05) is 36.1 Å². The van der Waals surface area contributed by atoms with Gasteiger partial charge in [0.15, 0.2) is 0 Å². The molecule has 0 bridgehead atoms. The quantitative estimate of drug-likeness (QED) is 0.736. The number of carbonyl (C=O) groups excluding carboxylic acids is 1. The van der Waals surface area contributed by atoms with E-state index < -0.39 is 0 Å². The smallest absolute Gasteiger partial charge is 0.236 e. The van der Waals surface area contributed by atoms with Crippen molar-refractivity contribution in [1.29, 1.82) is 0 Å². The van der Waals surface area contributed by atoms with Crippen LogP contribution in [0.1, 0.15) is 12.5 Å². The predicted octanol–water partition coefficient (Wildman–Crippen LogP) is 0.457. The normalized spacial score (nSPS) is 10.0. The zero-order chi connectivity index (χ0) is 11.3. The molecule has 1 aromatic rings. The molecule has 0 aliphatic carbocycles. The summed E-state index contributed by atoms with van der Waals surface area (Å²) in [5, 5.41) is 0. The molecule has 4 heteroatoms. The number of hydrogen-bond donors (Lipinski definition) is 2. The van der Waals surface area contributed by atoms with E-state index in [0.29, 0.717) is 6.54 Å². The first-order chi connectivity index (χ1) is 7.17. The first-order valence-electron chi connectivity index (χ1n) is 4.99. The Balaban J connectivity index is 2.85. The van der Waals surface area contributed by atoms with Crippen molar-refractivity contribution in [1.82, 2.24) is 0 Å². The van der Waals surface area contributed by atoms with E-state index in [1.165, 1.54) is 0 Å². The molecule has 0 radical (unpaired) electrons. The fourth-order valence-electron chi connectivity index (χ4n) is 1.45. The summed E-state index contributed by atoms with van der Waals surface area (Å²) in [6.45, 7) is 3.47. The molecular weight excluding hydrogens is 190 g/mol. The molecule has 82 valence electrons. The van der Waals surface area contributed by atoms with Gasteiger partial charge in [-0.3, -0.25) is 4.79 Å². The van der Waals surface area contributed by atoms with E-state index >= 15 is 0 Å². The van der Waals surface area contributed by atoms with Gasteiger partial charge in [0.05, 0.1) is 6.54 Å². The van der Waals surface area contributed by atoms with Crippen LogP contribution in [0.25, 0.3) is 0 Å². The van der Waals surface area contributed by atoms with Crippen LogP contribution in [-0.4, -0.2) is 19.0 Å². The lowest BCUT2D eigenvalue weighted by Crippen LogP contribution is -2.33. The monoisotopic (exact) mass is 207 g/mol. The fourth-order valence-corrected chi connectivity index (χ4v) is 1.45. The summed E-state index contributed by atoms with van der Waals surface area (Å²) in [5.41, 5.74) is 12.8. The maximum absolute atomic E-state index is 10.9. The Labute approximate surface area is 89.9 Å². The van der Waals surface area contributed by atoms with E-state index in [0.717, 1.165) is 17.8 Å². The zero-order valence-electron chi connectivity index (χ0n) is 8.94. The molecule has 0 unspecified atom stereocenters. The highest BCUT2D eigenvalue weighted by Crippen LogP contribution is 2.15. The van der Waals surface area contributed by atoms with Crippen molar-refractivity contribution in [3.05, 3.63) is 29.8 Å². The third kappa shape index (κ3) is 3.25. The Bertz CT molecular complexity index is 338.